The lowest BCUT2D eigenvalue weighted by atomic mass is 9.53. The van der Waals surface area contributed by atoms with Crippen molar-refractivity contribution in [3.05, 3.63) is 34.9 Å². The van der Waals surface area contributed by atoms with E-state index in [0.717, 1.165) is 30.5 Å². The number of hydrogen-bond donors (Lipinski definition) is 0. The van der Waals surface area contributed by atoms with Crippen LogP contribution in [0.5, 0.6) is 0 Å². The van der Waals surface area contributed by atoms with Gasteiger partial charge in [0.2, 0.25) is 0 Å². The smallest absolute Gasteiger partial charge is 0.145 e. The molecule has 0 aliphatic heterocycles. The molecule has 3 aliphatic rings. The van der Waals surface area contributed by atoms with Crippen molar-refractivity contribution in [2.45, 2.75) is 70.8 Å². The third kappa shape index (κ3) is 2.22. The maximum absolute atomic E-state index is 10.8. The Morgan fingerprint density at radius 1 is 1.21 bits per heavy atom. The van der Waals surface area contributed by atoms with Gasteiger partial charge < -0.3 is 9.53 Å². The first kappa shape index (κ1) is 16.3. The molecule has 0 saturated heterocycles. The van der Waals surface area contributed by atoms with E-state index in [1.54, 1.807) is 11.1 Å². The van der Waals surface area contributed by atoms with E-state index in [1.165, 1.54) is 37.7 Å². The lowest BCUT2D eigenvalue weighted by Gasteiger charge is -2.53. The predicted octanol–water partition coefficient (Wildman–Crippen LogP) is 4.83. The molecule has 5 atom stereocenters. The van der Waals surface area contributed by atoms with Crippen molar-refractivity contribution in [2.24, 2.45) is 17.3 Å². The largest absolute Gasteiger partial charge is 0.367 e. The Hall–Kier alpha value is -1.15. The topological polar surface area (TPSA) is 26.3 Å². The van der Waals surface area contributed by atoms with Crippen molar-refractivity contribution in [3.8, 4) is 0 Å². The zero-order chi connectivity index (χ0) is 16.9. The molecule has 3 unspecified atom stereocenters. The van der Waals surface area contributed by atoms with Gasteiger partial charge in [0.15, 0.2) is 0 Å². The van der Waals surface area contributed by atoms with Crippen LogP contribution in [-0.2, 0) is 16.0 Å². The highest BCUT2D eigenvalue weighted by molar-refractivity contribution is 5.50. The minimum absolute atomic E-state index is 0.128. The summed E-state index contributed by atoms with van der Waals surface area (Å²) in [6.07, 6.45) is 8.32. The highest BCUT2D eigenvalue weighted by Crippen LogP contribution is 2.65. The summed E-state index contributed by atoms with van der Waals surface area (Å²) in [6, 6.07) is 7.10. The number of aryl methyl sites for hydroxylation is 2. The molecule has 0 aromatic heterocycles. The lowest BCUT2D eigenvalue weighted by Crippen LogP contribution is -2.50. The number of carbonyl (C=O) groups is 1. The second-order valence-electron chi connectivity index (χ2n) is 8.82. The Bertz CT molecular complexity index is 651. The van der Waals surface area contributed by atoms with Crippen molar-refractivity contribution >= 4 is 6.29 Å². The summed E-state index contributed by atoms with van der Waals surface area (Å²) in [7, 11) is 0. The first-order chi connectivity index (χ1) is 11.5. The quantitative estimate of drug-likeness (QED) is 0.744. The first-order valence-corrected chi connectivity index (χ1v) is 9.65. The monoisotopic (exact) mass is 326 g/mol. The summed E-state index contributed by atoms with van der Waals surface area (Å²) in [6.45, 7) is 7.15. The van der Waals surface area contributed by atoms with E-state index in [2.05, 4.69) is 39.0 Å². The van der Waals surface area contributed by atoms with Crippen LogP contribution >= 0.6 is 0 Å². The van der Waals surface area contributed by atoms with Gasteiger partial charge in [-0.05, 0) is 86.7 Å². The van der Waals surface area contributed by atoms with Crippen LogP contribution < -0.4 is 0 Å². The van der Waals surface area contributed by atoms with E-state index >= 15 is 0 Å². The number of aldehydes is 1. The van der Waals surface area contributed by atoms with Crippen LogP contribution in [0.1, 0.15) is 68.6 Å². The molecule has 2 fully saturated rings. The maximum atomic E-state index is 10.8. The zero-order valence-electron chi connectivity index (χ0n) is 15.3. The van der Waals surface area contributed by atoms with Crippen LogP contribution in [0.15, 0.2) is 18.2 Å². The number of ether oxygens (including phenoxy) is 1. The van der Waals surface area contributed by atoms with Crippen LogP contribution in [0.3, 0.4) is 0 Å². The summed E-state index contributed by atoms with van der Waals surface area (Å²) in [5, 5.41) is 0. The minimum atomic E-state index is -0.128. The summed E-state index contributed by atoms with van der Waals surface area (Å²) >= 11 is 0. The third-order valence-corrected chi connectivity index (χ3v) is 7.88. The number of benzene rings is 1. The van der Waals surface area contributed by atoms with Crippen LogP contribution in [0.2, 0.25) is 0 Å². The average molecular weight is 326 g/mol. The molecule has 0 spiro atoms. The van der Waals surface area contributed by atoms with Gasteiger partial charge in [0.1, 0.15) is 12.9 Å². The van der Waals surface area contributed by atoms with Crippen molar-refractivity contribution < 1.29 is 9.53 Å². The van der Waals surface area contributed by atoms with Crippen molar-refractivity contribution in [1.82, 2.24) is 0 Å². The van der Waals surface area contributed by atoms with Crippen molar-refractivity contribution in [3.63, 3.8) is 0 Å². The Morgan fingerprint density at radius 3 is 2.83 bits per heavy atom. The predicted molar refractivity (Wildman–Crippen MR) is 96.2 cm³/mol. The van der Waals surface area contributed by atoms with Gasteiger partial charge in [-0.2, -0.15) is 0 Å². The van der Waals surface area contributed by atoms with Gasteiger partial charge in [-0.1, -0.05) is 30.7 Å². The second-order valence-corrected chi connectivity index (χ2v) is 8.82. The Kier molecular flexibility index (Phi) is 3.87. The van der Waals surface area contributed by atoms with E-state index in [-0.39, 0.29) is 17.6 Å². The highest BCUT2D eigenvalue weighted by atomic mass is 16.5. The Morgan fingerprint density at radius 2 is 2.04 bits per heavy atom. The summed E-state index contributed by atoms with van der Waals surface area (Å²) in [5.41, 5.74) is 4.71. The lowest BCUT2D eigenvalue weighted by molar-refractivity contribution is -0.143. The normalized spacial score (nSPS) is 40.5. The summed E-state index contributed by atoms with van der Waals surface area (Å²) in [4.78, 5) is 10.8. The molecule has 1 aromatic rings. The first-order valence-electron chi connectivity index (χ1n) is 9.65. The number of carbonyl (C=O) groups excluding carboxylic acids is 1. The van der Waals surface area contributed by atoms with E-state index in [4.69, 9.17) is 4.74 Å². The SMILES string of the molecule is Cc1ccc2c(c1)CCC1C2CC[C@@]2(C)C1CC[C@]2(C)OCC=O. The summed E-state index contributed by atoms with van der Waals surface area (Å²) in [5.74, 6) is 2.27. The molecule has 1 aromatic carbocycles. The third-order valence-electron chi connectivity index (χ3n) is 7.88. The molecule has 3 aliphatic carbocycles. The van der Waals surface area contributed by atoms with Gasteiger partial charge in [-0.15, -0.1) is 0 Å². The summed E-state index contributed by atoms with van der Waals surface area (Å²) < 4.78 is 6.11. The fourth-order valence-corrected chi connectivity index (χ4v) is 6.39. The number of rotatable bonds is 3. The van der Waals surface area contributed by atoms with Crippen LogP contribution in [0, 0.1) is 24.2 Å². The van der Waals surface area contributed by atoms with Crippen LogP contribution in [0.4, 0.5) is 0 Å². The molecule has 4 rings (SSSR count). The molecule has 2 saturated carbocycles. The van der Waals surface area contributed by atoms with Crippen molar-refractivity contribution in [1.29, 1.82) is 0 Å². The van der Waals surface area contributed by atoms with Gasteiger partial charge in [0, 0.05) is 0 Å². The van der Waals surface area contributed by atoms with Crippen LogP contribution in [0.25, 0.3) is 0 Å². The fraction of sp³-hybridized carbons (Fsp3) is 0.682. The zero-order valence-corrected chi connectivity index (χ0v) is 15.3. The molecule has 0 amide bonds. The molecule has 0 heterocycles. The highest BCUT2D eigenvalue weighted by Gasteiger charge is 2.60. The Labute approximate surface area is 146 Å². The van der Waals surface area contributed by atoms with E-state index in [9.17, 15) is 4.79 Å². The van der Waals surface area contributed by atoms with Crippen molar-refractivity contribution in [2.75, 3.05) is 6.61 Å². The van der Waals surface area contributed by atoms with Gasteiger partial charge in [0.25, 0.3) is 0 Å². The molecule has 0 radical (unpaired) electrons. The van der Waals surface area contributed by atoms with Gasteiger partial charge in [-0.3, -0.25) is 0 Å². The standard InChI is InChI=1S/C22H30O2/c1-15-4-6-17-16(14-15)5-7-19-18(17)8-10-21(2)20(19)9-11-22(21,3)24-13-12-23/h4,6,12,14,18-20H,5,7-11,13H2,1-3H3/t18?,19?,20?,21-,22-/m0/s1. The number of hydrogen-bond acceptors (Lipinski definition) is 2. The maximum Gasteiger partial charge on any atom is 0.145 e. The van der Waals surface area contributed by atoms with E-state index in [0.29, 0.717) is 0 Å². The van der Waals surface area contributed by atoms with Gasteiger partial charge in [-0.25, -0.2) is 0 Å². The molecular weight excluding hydrogens is 296 g/mol. The molecule has 130 valence electrons. The minimum Gasteiger partial charge on any atom is -0.367 e. The second kappa shape index (κ2) is 5.69. The molecule has 2 heteroatoms. The van der Waals surface area contributed by atoms with E-state index < -0.39 is 0 Å². The molecule has 24 heavy (non-hydrogen) atoms. The molecule has 2 nitrogen and oxygen atoms in total. The van der Waals surface area contributed by atoms with E-state index in [1.807, 2.05) is 0 Å². The molecular formula is C22H30O2. The van der Waals surface area contributed by atoms with Gasteiger partial charge >= 0.3 is 0 Å². The fourth-order valence-electron chi connectivity index (χ4n) is 6.39. The average Bonchev–Trinajstić information content (AvgIpc) is 2.84. The Balaban J connectivity index is 1.64. The van der Waals surface area contributed by atoms with Crippen LogP contribution in [-0.4, -0.2) is 18.5 Å². The molecule has 0 bridgehead atoms. The number of fused-ring (bicyclic) bond motifs is 5. The molecule has 0 N–H and O–H groups in total. The van der Waals surface area contributed by atoms with Gasteiger partial charge in [0.05, 0.1) is 5.60 Å².